The molecule has 0 fully saturated rings. The van der Waals surface area contributed by atoms with Crippen molar-refractivity contribution >= 4 is 29.3 Å². The van der Waals surface area contributed by atoms with Gasteiger partial charge in [-0.1, -0.05) is 11.8 Å². The molecule has 8 heteroatoms. The van der Waals surface area contributed by atoms with Crippen molar-refractivity contribution in [2.24, 2.45) is 0 Å². The van der Waals surface area contributed by atoms with Crippen LogP contribution in [0.5, 0.6) is 0 Å². The minimum Gasteiger partial charge on any atom is -0.340 e. The SMILES string of the molecule is CCN(CC)C(=O)C=C1Sc2ccc(C(F)(F)F)cc2NC1=O. The average Bonchev–Trinajstić information content (AvgIpc) is 2.47. The maximum Gasteiger partial charge on any atom is 0.416 e. The number of alkyl halides is 3. The molecule has 2 rings (SSSR count). The van der Waals surface area contributed by atoms with E-state index in [0.29, 0.717) is 18.0 Å². The fourth-order valence-electron chi connectivity index (χ4n) is 2.08. The molecule has 0 saturated heterocycles. The van der Waals surface area contributed by atoms with Gasteiger partial charge in [-0.2, -0.15) is 13.2 Å². The van der Waals surface area contributed by atoms with Crippen LogP contribution in [0.1, 0.15) is 19.4 Å². The third-order valence-electron chi connectivity index (χ3n) is 3.33. The molecule has 0 bridgehead atoms. The molecule has 2 amide bonds. The number of carbonyl (C=O) groups is 2. The van der Waals surface area contributed by atoms with Crippen LogP contribution in [0, 0.1) is 0 Å². The van der Waals surface area contributed by atoms with Crippen molar-refractivity contribution in [3.63, 3.8) is 0 Å². The average molecular weight is 344 g/mol. The van der Waals surface area contributed by atoms with Gasteiger partial charge in [0.25, 0.3) is 5.91 Å². The lowest BCUT2D eigenvalue weighted by atomic mass is 10.2. The largest absolute Gasteiger partial charge is 0.416 e. The summed E-state index contributed by atoms with van der Waals surface area (Å²) in [5.74, 6) is -0.884. The molecular formula is C15H15F3N2O2S. The Bertz CT molecular complexity index is 667. The van der Waals surface area contributed by atoms with Crippen LogP contribution in [0.2, 0.25) is 0 Å². The molecule has 124 valence electrons. The van der Waals surface area contributed by atoms with E-state index in [4.69, 9.17) is 0 Å². The third-order valence-corrected chi connectivity index (χ3v) is 4.43. The number of carbonyl (C=O) groups excluding carboxylic acids is 2. The molecule has 0 aliphatic carbocycles. The first-order valence-electron chi connectivity index (χ1n) is 6.97. The Morgan fingerprint density at radius 2 is 1.96 bits per heavy atom. The molecule has 0 unspecified atom stereocenters. The zero-order valence-electron chi connectivity index (χ0n) is 12.5. The summed E-state index contributed by atoms with van der Waals surface area (Å²) in [5, 5.41) is 2.40. The number of rotatable bonds is 3. The highest BCUT2D eigenvalue weighted by molar-refractivity contribution is 8.04. The first-order valence-corrected chi connectivity index (χ1v) is 7.79. The molecule has 0 saturated carbocycles. The number of hydrogen-bond donors (Lipinski definition) is 1. The Labute approximate surface area is 135 Å². The molecule has 1 N–H and O–H groups in total. The maximum absolute atomic E-state index is 12.7. The van der Waals surface area contributed by atoms with Crippen LogP contribution < -0.4 is 5.32 Å². The first-order chi connectivity index (χ1) is 10.8. The van der Waals surface area contributed by atoms with Gasteiger partial charge in [0, 0.05) is 24.1 Å². The van der Waals surface area contributed by atoms with Crippen LogP contribution in [-0.4, -0.2) is 29.8 Å². The fourth-order valence-corrected chi connectivity index (χ4v) is 2.97. The van der Waals surface area contributed by atoms with E-state index < -0.39 is 17.6 Å². The maximum atomic E-state index is 12.7. The second-order valence-corrected chi connectivity index (χ2v) is 5.87. The van der Waals surface area contributed by atoms with Crippen LogP contribution in [0.4, 0.5) is 18.9 Å². The van der Waals surface area contributed by atoms with Crippen molar-refractivity contribution in [3.05, 3.63) is 34.7 Å². The predicted octanol–water partition coefficient (Wildman–Crippen LogP) is 3.50. The number of nitrogens with zero attached hydrogens (tertiary/aromatic N) is 1. The van der Waals surface area contributed by atoms with Crippen LogP contribution in [-0.2, 0) is 15.8 Å². The van der Waals surface area contributed by atoms with Crippen LogP contribution in [0.25, 0.3) is 0 Å². The van der Waals surface area contributed by atoms with Crippen LogP contribution in [0.3, 0.4) is 0 Å². The van der Waals surface area contributed by atoms with E-state index in [2.05, 4.69) is 5.32 Å². The van der Waals surface area contributed by atoms with Crippen molar-refractivity contribution in [1.29, 1.82) is 0 Å². The summed E-state index contributed by atoms with van der Waals surface area (Å²) in [5.41, 5.74) is -0.730. The monoisotopic (exact) mass is 344 g/mol. The number of hydrogen-bond acceptors (Lipinski definition) is 3. The van der Waals surface area contributed by atoms with Gasteiger partial charge in [-0.05, 0) is 32.0 Å². The number of halogens is 3. The number of likely N-dealkylation sites (N-methyl/N-ethyl adjacent to an activating group) is 1. The summed E-state index contributed by atoms with van der Waals surface area (Å²) in [6, 6.07) is 3.13. The topological polar surface area (TPSA) is 49.4 Å². The van der Waals surface area contributed by atoms with Gasteiger partial charge in [0.15, 0.2) is 0 Å². The lowest BCUT2D eigenvalue weighted by Crippen LogP contribution is -2.30. The van der Waals surface area contributed by atoms with E-state index in [1.54, 1.807) is 4.90 Å². The number of amides is 2. The lowest BCUT2D eigenvalue weighted by Gasteiger charge is -2.21. The minimum absolute atomic E-state index is 0.0993. The van der Waals surface area contributed by atoms with Crippen molar-refractivity contribution in [3.8, 4) is 0 Å². The summed E-state index contributed by atoms with van der Waals surface area (Å²) in [7, 11) is 0. The van der Waals surface area contributed by atoms with E-state index in [0.717, 1.165) is 23.9 Å². The summed E-state index contributed by atoms with van der Waals surface area (Å²) in [6.45, 7) is 4.66. The Hall–Kier alpha value is -1.96. The van der Waals surface area contributed by atoms with Gasteiger partial charge in [-0.3, -0.25) is 9.59 Å². The molecule has 1 aromatic carbocycles. The molecule has 1 aliphatic rings. The van der Waals surface area contributed by atoms with Gasteiger partial charge in [0.1, 0.15) is 0 Å². The number of nitrogens with one attached hydrogen (secondary N) is 1. The van der Waals surface area contributed by atoms with E-state index in [1.807, 2.05) is 13.8 Å². The highest BCUT2D eigenvalue weighted by Crippen LogP contribution is 2.41. The van der Waals surface area contributed by atoms with Gasteiger partial charge < -0.3 is 10.2 Å². The summed E-state index contributed by atoms with van der Waals surface area (Å²) in [4.78, 5) is 26.2. The Morgan fingerprint density at radius 1 is 1.30 bits per heavy atom. The van der Waals surface area contributed by atoms with Gasteiger partial charge in [-0.15, -0.1) is 0 Å². The molecule has 4 nitrogen and oxygen atoms in total. The normalized spacial score (nSPS) is 16.0. The van der Waals surface area contributed by atoms with Gasteiger partial charge >= 0.3 is 6.18 Å². The van der Waals surface area contributed by atoms with Crippen molar-refractivity contribution in [2.45, 2.75) is 24.9 Å². The Balaban J connectivity index is 2.28. The summed E-state index contributed by atoms with van der Waals surface area (Å²) in [6.07, 6.45) is -3.26. The molecule has 1 aromatic rings. The zero-order valence-corrected chi connectivity index (χ0v) is 13.3. The fraction of sp³-hybridized carbons (Fsp3) is 0.333. The number of fused-ring (bicyclic) bond motifs is 1. The highest BCUT2D eigenvalue weighted by Gasteiger charge is 2.32. The Kier molecular flexibility index (Phi) is 5.03. The molecule has 0 atom stereocenters. The van der Waals surface area contributed by atoms with E-state index in [9.17, 15) is 22.8 Å². The lowest BCUT2D eigenvalue weighted by molar-refractivity contribution is -0.137. The van der Waals surface area contributed by atoms with E-state index >= 15 is 0 Å². The molecule has 0 radical (unpaired) electrons. The molecule has 1 heterocycles. The summed E-state index contributed by atoms with van der Waals surface area (Å²) >= 11 is 0.985. The number of anilines is 1. The van der Waals surface area contributed by atoms with Gasteiger partial charge in [0.2, 0.25) is 5.91 Å². The van der Waals surface area contributed by atoms with Crippen molar-refractivity contribution in [1.82, 2.24) is 4.90 Å². The first kappa shape index (κ1) is 17.4. The smallest absolute Gasteiger partial charge is 0.340 e. The van der Waals surface area contributed by atoms with Crippen LogP contribution >= 0.6 is 11.8 Å². The minimum atomic E-state index is -4.47. The molecule has 1 aliphatic heterocycles. The van der Waals surface area contributed by atoms with Crippen molar-refractivity contribution in [2.75, 3.05) is 18.4 Å². The molecule has 0 aromatic heterocycles. The summed E-state index contributed by atoms with van der Waals surface area (Å²) < 4.78 is 38.1. The van der Waals surface area contributed by atoms with E-state index in [-0.39, 0.29) is 16.5 Å². The third kappa shape index (κ3) is 3.87. The van der Waals surface area contributed by atoms with Gasteiger partial charge in [-0.25, -0.2) is 0 Å². The second kappa shape index (κ2) is 6.66. The zero-order chi connectivity index (χ0) is 17.2. The molecule has 23 heavy (non-hydrogen) atoms. The highest BCUT2D eigenvalue weighted by atomic mass is 32.2. The number of benzene rings is 1. The van der Waals surface area contributed by atoms with E-state index in [1.165, 1.54) is 12.1 Å². The second-order valence-electron chi connectivity index (χ2n) is 4.78. The van der Waals surface area contributed by atoms with Crippen LogP contribution in [0.15, 0.2) is 34.1 Å². The van der Waals surface area contributed by atoms with Gasteiger partial charge in [0.05, 0.1) is 16.2 Å². The Morgan fingerprint density at radius 3 is 2.52 bits per heavy atom. The number of thioether (sulfide) groups is 1. The predicted molar refractivity (Wildman–Crippen MR) is 81.9 cm³/mol. The standard InChI is InChI=1S/C15H15F3N2O2S/c1-3-20(4-2)13(21)8-12-14(22)19-10-7-9(15(16,17)18)5-6-11(10)23-12/h5-8H,3-4H2,1-2H3,(H,19,22). The quantitative estimate of drug-likeness (QED) is 0.854. The molecular weight excluding hydrogens is 329 g/mol. The molecule has 0 spiro atoms. The van der Waals surface area contributed by atoms with Crippen molar-refractivity contribution < 1.29 is 22.8 Å².